The molecule has 1 aromatic rings. The maximum absolute atomic E-state index is 5.56. The third kappa shape index (κ3) is 3.62. The normalized spacial score (nSPS) is 20.1. The van der Waals surface area contributed by atoms with Gasteiger partial charge in [-0.3, -0.25) is 0 Å². The SMILES string of the molecule is COCCOCC1CCN(c2nc(C)ns2)C1. The highest BCUT2D eigenvalue weighted by Crippen LogP contribution is 2.25. The Balaban J connectivity index is 1.72. The summed E-state index contributed by atoms with van der Waals surface area (Å²) in [5, 5.41) is 1.04. The molecule has 1 atom stereocenters. The van der Waals surface area contributed by atoms with Gasteiger partial charge in [-0.2, -0.15) is 4.37 Å². The molecule has 5 nitrogen and oxygen atoms in total. The summed E-state index contributed by atoms with van der Waals surface area (Å²) in [6, 6.07) is 0. The van der Waals surface area contributed by atoms with Crippen molar-refractivity contribution in [2.75, 3.05) is 44.9 Å². The van der Waals surface area contributed by atoms with Gasteiger partial charge >= 0.3 is 0 Å². The molecule has 6 heteroatoms. The average molecular weight is 257 g/mol. The minimum absolute atomic E-state index is 0.607. The molecular weight excluding hydrogens is 238 g/mol. The monoisotopic (exact) mass is 257 g/mol. The fraction of sp³-hybridized carbons (Fsp3) is 0.818. The Hall–Kier alpha value is -0.720. The number of anilines is 1. The van der Waals surface area contributed by atoms with Crippen molar-refractivity contribution in [3.8, 4) is 0 Å². The first kappa shape index (κ1) is 12.7. The first-order chi connectivity index (χ1) is 8.29. The number of hydrogen-bond donors (Lipinski definition) is 0. The van der Waals surface area contributed by atoms with Crippen molar-refractivity contribution in [1.29, 1.82) is 0 Å². The van der Waals surface area contributed by atoms with Gasteiger partial charge in [0.2, 0.25) is 5.13 Å². The van der Waals surface area contributed by atoms with Crippen LogP contribution in [0.25, 0.3) is 0 Å². The van der Waals surface area contributed by atoms with Gasteiger partial charge in [0.1, 0.15) is 5.82 Å². The highest BCUT2D eigenvalue weighted by Gasteiger charge is 2.24. The van der Waals surface area contributed by atoms with E-state index in [4.69, 9.17) is 9.47 Å². The van der Waals surface area contributed by atoms with Gasteiger partial charge < -0.3 is 14.4 Å². The lowest BCUT2D eigenvalue weighted by molar-refractivity contribution is 0.0549. The highest BCUT2D eigenvalue weighted by molar-refractivity contribution is 7.09. The lowest BCUT2D eigenvalue weighted by Crippen LogP contribution is -2.21. The molecule has 0 bridgehead atoms. The van der Waals surface area contributed by atoms with Gasteiger partial charge in [0.05, 0.1) is 19.8 Å². The molecule has 1 aliphatic heterocycles. The summed E-state index contributed by atoms with van der Waals surface area (Å²) in [6.45, 7) is 6.20. The predicted molar refractivity (Wildman–Crippen MR) is 67.7 cm³/mol. The number of nitrogens with zero attached hydrogens (tertiary/aromatic N) is 3. The summed E-state index contributed by atoms with van der Waals surface area (Å²) >= 11 is 1.48. The molecule has 0 spiro atoms. The Labute approximate surface area is 106 Å². The van der Waals surface area contributed by atoms with Crippen molar-refractivity contribution in [2.24, 2.45) is 5.92 Å². The van der Waals surface area contributed by atoms with Crippen LogP contribution in [-0.4, -0.2) is 49.4 Å². The zero-order valence-corrected chi connectivity index (χ0v) is 11.2. The van der Waals surface area contributed by atoms with Gasteiger partial charge in [-0.15, -0.1) is 0 Å². The van der Waals surface area contributed by atoms with Crippen molar-refractivity contribution < 1.29 is 9.47 Å². The smallest absolute Gasteiger partial charge is 0.205 e. The molecule has 2 rings (SSSR count). The minimum Gasteiger partial charge on any atom is -0.382 e. The largest absolute Gasteiger partial charge is 0.382 e. The van der Waals surface area contributed by atoms with E-state index >= 15 is 0 Å². The van der Waals surface area contributed by atoms with Crippen LogP contribution in [0.1, 0.15) is 12.2 Å². The van der Waals surface area contributed by atoms with Crippen molar-refractivity contribution in [1.82, 2.24) is 9.36 Å². The summed E-state index contributed by atoms with van der Waals surface area (Å²) in [4.78, 5) is 6.71. The standard InChI is InChI=1S/C11H19N3O2S/c1-9-12-11(17-13-9)14-4-3-10(7-14)8-16-6-5-15-2/h10H,3-8H2,1-2H3. The lowest BCUT2D eigenvalue weighted by Gasteiger charge is -2.14. The molecule has 0 aromatic carbocycles. The fourth-order valence-corrected chi connectivity index (χ4v) is 2.66. The quantitative estimate of drug-likeness (QED) is 0.720. The number of rotatable bonds is 6. The van der Waals surface area contributed by atoms with Gasteiger partial charge in [-0.1, -0.05) is 0 Å². The number of aryl methyl sites for hydroxylation is 1. The molecule has 1 aliphatic rings. The van der Waals surface area contributed by atoms with E-state index in [2.05, 4.69) is 14.3 Å². The van der Waals surface area contributed by atoms with E-state index in [1.165, 1.54) is 18.0 Å². The summed E-state index contributed by atoms with van der Waals surface area (Å²) in [5.74, 6) is 1.47. The molecule has 96 valence electrons. The molecule has 0 saturated carbocycles. The van der Waals surface area contributed by atoms with E-state index in [0.29, 0.717) is 19.1 Å². The van der Waals surface area contributed by atoms with Gasteiger partial charge in [-0.25, -0.2) is 4.98 Å². The number of hydrogen-bond acceptors (Lipinski definition) is 6. The van der Waals surface area contributed by atoms with Crippen LogP contribution in [0.5, 0.6) is 0 Å². The first-order valence-electron chi connectivity index (χ1n) is 5.91. The molecule has 1 unspecified atom stereocenters. The van der Waals surface area contributed by atoms with Crippen LogP contribution < -0.4 is 4.90 Å². The molecule has 0 N–H and O–H groups in total. The van der Waals surface area contributed by atoms with Crippen molar-refractivity contribution in [3.63, 3.8) is 0 Å². The average Bonchev–Trinajstić information content (AvgIpc) is 2.93. The molecule has 1 aromatic heterocycles. The summed E-state index contributed by atoms with van der Waals surface area (Å²) < 4.78 is 14.7. The minimum atomic E-state index is 0.607. The molecule has 17 heavy (non-hydrogen) atoms. The van der Waals surface area contributed by atoms with Gasteiger partial charge in [0.15, 0.2) is 0 Å². The van der Waals surface area contributed by atoms with Crippen LogP contribution >= 0.6 is 11.5 Å². The predicted octanol–water partition coefficient (Wildman–Crippen LogP) is 1.34. The van der Waals surface area contributed by atoms with E-state index in [-0.39, 0.29) is 0 Å². The fourth-order valence-electron chi connectivity index (χ4n) is 1.95. The van der Waals surface area contributed by atoms with Crippen LogP contribution in [0, 0.1) is 12.8 Å². The van der Waals surface area contributed by atoms with Crippen LogP contribution in [0.15, 0.2) is 0 Å². The molecule has 1 fully saturated rings. The summed E-state index contributed by atoms with van der Waals surface area (Å²) in [6.07, 6.45) is 1.17. The van der Waals surface area contributed by atoms with Crippen LogP contribution in [0.3, 0.4) is 0 Å². The number of methoxy groups -OCH3 is 1. The van der Waals surface area contributed by atoms with E-state index < -0.39 is 0 Å². The number of ether oxygens (including phenoxy) is 2. The van der Waals surface area contributed by atoms with E-state index in [1.807, 2.05) is 6.92 Å². The van der Waals surface area contributed by atoms with Crippen LogP contribution in [-0.2, 0) is 9.47 Å². The Morgan fingerprint density at radius 1 is 1.47 bits per heavy atom. The molecule has 0 radical (unpaired) electrons. The van der Waals surface area contributed by atoms with Gasteiger partial charge in [-0.05, 0) is 13.3 Å². The maximum Gasteiger partial charge on any atom is 0.205 e. The second-order valence-electron chi connectivity index (χ2n) is 4.29. The Kier molecular flexibility index (Phi) is 4.70. The van der Waals surface area contributed by atoms with Crippen molar-refractivity contribution in [3.05, 3.63) is 5.82 Å². The Morgan fingerprint density at radius 2 is 2.35 bits per heavy atom. The molecule has 0 amide bonds. The number of aromatic nitrogens is 2. The van der Waals surface area contributed by atoms with Crippen molar-refractivity contribution in [2.45, 2.75) is 13.3 Å². The second kappa shape index (κ2) is 6.28. The Bertz CT molecular complexity index is 345. The van der Waals surface area contributed by atoms with E-state index in [9.17, 15) is 0 Å². The van der Waals surface area contributed by atoms with E-state index in [0.717, 1.165) is 30.7 Å². The molecular formula is C11H19N3O2S. The van der Waals surface area contributed by atoms with Crippen LogP contribution in [0.4, 0.5) is 5.13 Å². The summed E-state index contributed by atoms with van der Waals surface area (Å²) in [7, 11) is 1.69. The third-order valence-electron chi connectivity index (χ3n) is 2.86. The topological polar surface area (TPSA) is 47.5 Å². The zero-order valence-electron chi connectivity index (χ0n) is 10.4. The summed E-state index contributed by atoms with van der Waals surface area (Å²) in [5.41, 5.74) is 0. The lowest BCUT2D eigenvalue weighted by atomic mass is 10.1. The molecule has 0 aliphatic carbocycles. The van der Waals surface area contributed by atoms with Crippen LogP contribution in [0.2, 0.25) is 0 Å². The van der Waals surface area contributed by atoms with Gasteiger partial charge in [0, 0.05) is 37.6 Å². The maximum atomic E-state index is 5.56. The molecule has 2 heterocycles. The van der Waals surface area contributed by atoms with Crippen molar-refractivity contribution >= 4 is 16.7 Å². The second-order valence-corrected chi connectivity index (χ2v) is 5.02. The third-order valence-corrected chi connectivity index (χ3v) is 3.73. The molecule has 1 saturated heterocycles. The van der Waals surface area contributed by atoms with E-state index in [1.54, 1.807) is 7.11 Å². The van der Waals surface area contributed by atoms with Gasteiger partial charge in [0.25, 0.3) is 0 Å². The Morgan fingerprint density at radius 3 is 3.06 bits per heavy atom. The first-order valence-corrected chi connectivity index (χ1v) is 6.69. The highest BCUT2D eigenvalue weighted by atomic mass is 32.1. The zero-order chi connectivity index (χ0) is 12.1.